The molecular formula is C14H15F3N2S. The lowest BCUT2D eigenvalue weighted by molar-refractivity contribution is -0.137. The maximum Gasteiger partial charge on any atom is 0.416 e. The molecule has 0 saturated heterocycles. The van der Waals surface area contributed by atoms with Crippen molar-refractivity contribution in [2.45, 2.75) is 25.6 Å². The van der Waals surface area contributed by atoms with Crippen molar-refractivity contribution in [1.82, 2.24) is 10.3 Å². The largest absolute Gasteiger partial charge is 0.416 e. The molecule has 0 aliphatic heterocycles. The molecule has 0 amide bonds. The molecule has 2 nitrogen and oxygen atoms in total. The summed E-state index contributed by atoms with van der Waals surface area (Å²) in [7, 11) is 1.82. The topological polar surface area (TPSA) is 24.9 Å². The fraction of sp³-hybridized carbons (Fsp3) is 0.357. The van der Waals surface area contributed by atoms with Gasteiger partial charge >= 0.3 is 6.18 Å². The molecule has 0 radical (unpaired) electrons. The molecule has 0 spiro atoms. The lowest BCUT2D eigenvalue weighted by Crippen LogP contribution is -2.19. The molecule has 1 aromatic carbocycles. The molecule has 0 bridgehead atoms. The minimum absolute atomic E-state index is 0.0108. The van der Waals surface area contributed by atoms with Gasteiger partial charge in [-0.2, -0.15) is 13.2 Å². The lowest BCUT2D eigenvalue weighted by atomic mass is 10.0. The molecule has 2 aromatic rings. The number of alkyl halides is 3. The molecule has 1 N–H and O–H groups in total. The second-order valence-corrected chi connectivity index (χ2v) is 5.59. The minimum atomic E-state index is -4.28. The minimum Gasteiger partial charge on any atom is -0.311 e. The van der Waals surface area contributed by atoms with Crippen molar-refractivity contribution >= 4 is 11.3 Å². The van der Waals surface area contributed by atoms with E-state index in [1.165, 1.54) is 12.1 Å². The molecule has 1 heterocycles. The molecular weight excluding hydrogens is 285 g/mol. The molecule has 2 rings (SSSR count). The highest BCUT2D eigenvalue weighted by molar-refractivity contribution is 7.09. The summed E-state index contributed by atoms with van der Waals surface area (Å²) in [4.78, 5) is 4.41. The van der Waals surface area contributed by atoms with Crippen LogP contribution < -0.4 is 5.32 Å². The predicted molar refractivity (Wildman–Crippen MR) is 73.8 cm³/mol. The molecule has 6 heteroatoms. The summed E-state index contributed by atoms with van der Waals surface area (Å²) >= 11 is 1.56. The zero-order chi connectivity index (χ0) is 14.8. The van der Waals surface area contributed by atoms with Crippen molar-refractivity contribution < 1.29 is 13.2 Å². The molecule has 0 aliphatic rings. The van der Waals surface area contributed by atoms with Crippen LogP contribution in [0.3, 0.4) is 0 Å². The van der Waals surface area contributed by atoms with Crippen LogP contribution in [-0.2, 0) is 12.6 Å². The SMILES string of the molecule is CNC(Cc1ccc(C(F)(F)F)cc1)c1csc(C)n1. The van der Waals surface area contributed by atoms with Crippen molar-refractivity contribution in [1.29, 1.82) is 0 Å². The van der Waals surface area contributed by atoms with Crippen molar-refractivity contribution in [2.75, 3.05) is 7.05 Å². The van der Waals surface area contributed by atoms with E-state index in [4.69, 9.17) is 0 Å². The summed E-state index contributed by atoms with van der Waals surface area (Å²) in [5.41, 5.74) is 1.16. The van der Waals surface area contributed by atoms with Gasteiger partial charge in [0.15, 0.2) is 0 Å². The first-order valence-electron chi connectivity index (χ1n) is 6.15. The van der Waals surface area contributed by atoms with Crippen LogP contribution in [-0.4, -0.2) is 12.0 Å². The van der Waals surface area contributed by atoms with Gasteiger partial charge in [0.05, 0.1) is 22.3 Å². The van der Waals surface area contributed by atoms with E-state index in [-0.39, 0.29) is 6.04 Å². The number of rotatable bonds is 4. The summed E-state index contributed by atoms with van der Waals surface area (Å²) < 4.78 is 37.5. The first-order valence-corrected chi connectivity index (χ1v) is 7.03. The van der Waals surface area contributed by atoms with Gasteiger partial charge in [-0.1, -0.05) is 12.1 Å². The van der Waals surface area contributed by atoms with Crippen molar-refractivity contribution in [3.8, 4) is 0 Å². The number of hydrogen-bond acceptors (Lipinski definition) is 3. The molecule has 1 unspecified atom stereocenters. The van der Waals surface area contributed by atoms with E-state index in [1.54, 1.807) is 11.3 Å². The monoisotopic (exact) mass is 300 g/mol. The third-order valence-corrected chi connectivity index (χ3v) is 3.86. The summed E-state index contributed by atoms with van der Waals surface area (Å²) in [6, 6.07) is 5.29. The van der Waals surface area contributed by atoms with Gasteiger partial charge in [-0.15, -0.1) is 11.3 Å². The molecule has 0 aliphatic carbocycles. The molecule has 108 valence electrons. The van der Waals surface area contributed by atoms with E-state index >= 15 is 0 Å². The van der Waals surface area contributed by atoms with Crippen LogP contribution >= 0.6 is 11.3 Å². The van der Waals surface area contributed by atoms with E-state index in [1.807, 2.05) is 19.4 Å². The molecule has 0 saturated carbocycles. The number of halogens is 3. The third-order valence-electron chi connectivity index (χ3n) is 3.06. The Morgan fingerprint density at radius 2 is 1.90 bits per heavy atom. The number of nitrogens with zero attached hydrogens (tertiary/aromatic N) is 1. The van der Waals surface area contributed by atoms with Gasteiger partial charge in [0.25, 0.3) is 0 Å². The Morgan fingerprint density at radius 1 is 1.25 bits per heavy atom. The number of likely N-dealkylation sites (N-methyl/N-ethyl adjacent to an activating group) is 1. The second-order valence-electron chi connectivity index (χ2n) is 4.53. The van der Waals surface area contributed by atoms with Gasteiger partial charge in [-0.25, -0.2) is 4.98 Å². The molecule has 1 atom stereocenters. The zero-order valence-corrected chi connectivity index (χ0v) is 12.0. The Balaban J connectivity index is 2.12. The fourth-order valence-electron chi connectivity index (χ4n) is 1.96. The van der Waals surface area contributed by atoms with E-state index in [2.05, 4.69) is 10.3 Å². The number of thiazole rings is 1. The average molecular weight is 300 g/mol. The van der Waals surface area contributed by atoms with Crippen LogP contribution in [0.2, 0.25) is 0 Å². The van der Waals surface area contributed by atoms with Crippen LogP contribution in [0.15, 0.2) is 29.6 Å². The predicted octanol–water partition coefficient (Wildman–Crippen LogP) is 3.97. The Kier molecular flexibility index (Phi) is 4.45. The van der Waals surface area contributed by atoms with Crippen molar-refractivity contribution in [3.05, 3.63) is 51.5 Å². The number of aryl methyl sites for hydroxylation is 1. The Morgan fingerprint density at radius 3 is 2.35 bits per heavy atom. The third kappa shape index (κ3) is 3.58. The highest BCUT2D eigenvalue weighted by Gasteiger charge is 2.30. The highest BCUT2D eigenvalue weighted by Crippen LogP contribution is 2.29. The smallest absolute Gasteiger partial charge is 0.311 e. The highest BCUT2D eigenvalue weighted by atomic mass is 32.1. The van der Waals surface area contributed by atoms with Gasteiger partial charge in [0, 0.05) is 5.38 Å². The maximum atomic E-state index is 12.5. The van der Waals surface area contributed by atoms with E-state index in [0.717, 1.165) is 28.4 Å². The summed E-state index contributed by atoms with van der Waals surface area (Å²) in [6.45, 7) is 1.93. The fourth-order valence-corrected chi connectivity index (χ4v) is 2.63. The number of hydrogen-bond donors (Lipinski definition) is 1. The van der Waals surface area contributed by atoms with Crippen LogP contribution in [0.1, 0.15) is 27.9 Å². The molecule has 0 fully saturated rings. The van der Waals surface area contributed by atoms with Gasteiger partial charge in [-0.05, 0) is 38.1 Å². The second kappa shape index (κ2) is 5.93. The first-order chi connectivity index (χ1) is 9.40. The number of nitrogens with one attached hydrogen (secondary N) is 1. The van der Waals surface area contributed by atoms with Gasteiger partial charge in [0.2, 0.25) is 0 Å². The normalized spacial score (nSPS) is 13.4. The van der Waals surface area contributed by atoms with Crippen LogP contribution in [0.5, 0.6) is 0 Å². The van der Waals surface area contributed by atoms with Gasteiger partial charge in [-0.3, -0.25) is 0 Å². The summed E-state index contributed by atoms with van der Waals surface area (Å²) in [5.74, 6) is 0. The van der Waals surface area contributed by atoms with Gasteiger partial charge < -0.3 is 5.32 Å². The van der Waals surface area contributed by atoms with Crippen molar-refractivity contribution in [2.24, 2.45) is 0 Å². The Labute approximate surface area is 119 Å². The Bertz CT molecular complexity index is 561. The van der Waals surface area contributed by atoms with Crippen molar-refractivity contribution in [3.63, 3.8) is 0 Å². The first kappa shape index (κ1) is 15.0. The number of aromatic nitrogens is 1. The maximum absolute atomic E-state index is 12.5. The molecule has 1 aromatic heterocycles. The van der Waals surface area contributed by atoms with E-state index in [9.17, 15) is 13.2 Å². The Hall–Kier alpha value is -1.40. The number of benzene rings is 1. The lowest BCUT2D eigenvalue weighted by Gasteiger charge is -2.14. The molecule has 20 heavy (non-hydrogen) atoms. The van der Waals surface area contributed by atoms with Crippen LogP contribution in [0.25, 0.3) is 0 Å². The summed E-state index contributed by atoms with van der Waals surface area (Å²) in [6.07, 6.45) is -3.68. The van der Waals surface area contributed by atoms with Gasteiger partial charge in [0.1, 0.15) is 0 Å². The van der Waals surface area contributed by atoms with E-state index in [0.29, 0.717) is 6.42 Å². The quantitative estimate of drug-likeness (QED) is 0.924. The standard InChI is InChI=1S/C14H15F3N2S/c1-9-19-13(8-20-9)12(18-2)7-10-3-5-11(6-4-10)14(15,16)17/h3-6,8,12,18H,7H2,1-2H3. The average Bonchev–Trinajstić information content (AvgIpc) is 2.82. The zero-order valence-electron chi connectivity index (χ0n) is 11.2. The van der Waals surface area contributed by atoms with Crippen LogP contribution in [0, 0.1) is 6.92 Å². The van der Waals surface area contributed by atoms with E-state index < -0.39 is 11.7 Å². The van der Waals surface area contributed by atoms with Crippen LogP contribution in [0.4, 0.5) is 13.2 Å². The summed E-state index contributed by atoms with van der Waals surface area (Å²) in [5, 5.41) is 6.10.